The van der Waals surface area contributed by atoms with Gasteiger partial charge in [-0.2, -0.15) is 0 Å². The summed E-state index contributed by atoms with van der Waals surface area (Å²) in [6, 6.07) is 14.5. The monoisotopic (exact) mass is 440 g/mol. The predicted octanol–water partition coefficient (Wildman–Crippen LogP) is 4.53. The standard InChI is InChI=1S/C24H25ClN2O4/c1-26(21(28)12-13-22(29)30)23-17-8-2-3-10-19(17)27(20-11-5-9-18(20)23)24(31)15-6-4-7-16(25)14-15/h2-4,6-8,10,14,18,20,23H,5,9,11-13H2,1H3,(H,29,30). The summed E-state index contributed by atoms with van der Waals surface area (Å²) in [5, 5.41) is 9.48. The van der Waals surface area contributed by atoms with E-state index in [1.165, 1.54) is 0 Å². The molecule has 1 aliphatic heterocycles. The first-order valence-electron chi connectivity index (χ1n) is 10.5. The number of hydrogen-bond acceptors (Lipinski definition) is 3. The van der Waals surface area contributed by atoms with Gasteiger partial charge in [0, 0.05) is 41.7 Å². The maximum atomic E-state index is 13.6. The van der Waals surface area contributed by atoms with Crippen molar-refractivity contribution in [3.8, 4) is 0 Å². The van der Waals surface area contributed by atoms with Gasteiger partial charge in [0.1, 0.15) is 0 Å². The zero-order valence-corrected chi connectivity index (χ0v) is 18.1. The van der Waals surface area contributed by atoms with E-state index in [4.69, 9.17) is 16.7 Å². The Kier molecular flexibility index (Phi) is 6.01. The van der Waals surface area contributed by atoms with Crippen molar-refractivity contribution in [2.75, 3.05) is 11.9 Å². The van der Waals surface area contributed by atoms with Crippen molar-refractivity contribution in [2.45, 2.75) is 44.2 Å². The zero-order valence-electron chi connectivity index (χ0n) is 17.3. The maximum absolute atomic E-state index is 13.6. The number of halogens is 1. The number of hydrogen-bond donors (Lipinski definition) is 1. The fraction of sp³-hybridized carbons (Fsp3) is 0.375. The molecule has 7 heteroatoms. The van der Waals surface area contributed by atoms with E-state index in [1.54, 1.807) is 36.2 Å². The topological polar surface area (TPSA) is 77.9 Å². The molecule has 2 aromatic rings. The fourth-order valence-corrected chi connectivity index (χ4v) is 5.28. The minimum Gasteiger partial charge on any atom is -0.481 e. The fourth-order valence-electron chi connectivity index (χ4n) is 5.09. The molecule has 2 aromatic carbocycles. The maximum Gasteiger partial charge on any atom is 0.303 e. The molecule has 1 saturated carbocycles. The number of carboxylic acids is 1. The summed E-state index contributed by atoms with van der Waals surface area (Å²) in [4.78, 5) is 40.9. The molecule has 2 amide bonds. The summed E-state index contributed by atoms with van der Waals surface area (Å²) in [6.45, 7) is 0. The normalized spacial score (nSPS) is 21.9. The second-order valence-electron chi connectivity index (χ2n) is 8.25. The van der Waals surface area contributed by atoms with Crippen molar-refractivity contribution >= 4 is 35.1 Å². The molecule has 0 saturated heterocycles. The Morgan fingerprint density at radius 3 is 2.61 bits per heavy atom. The number of aliphatic carboxylic acids is 1. The first kappa shape index (κ1) is 21.4. The summed E-state index contributed by atoms with van der Waals surface area (Å²) in [5.74, 6) is -1.17. The van der Waals surface area contributed by atoms with E-state index in [9.17, 15) is 14.4 Å². The molecular weight excluding hydrogens is 416 g/mol. The molecule has 1 fully saturated rings. The molecule has 31 heavy (non-hydrogen) atoms. The van der Waals surface area contributed by atoms with E-state index in [1.807, 2.05) is 29.2 Å². The summed E-state index contributed by atoms with van der Waals surface area (Å²) in [5.41, 5.74) is 2.27. The van der Waals surface area contributed by atoms with Crippen LogP contribution in [-0.4, -0.2) is 40.9 Å². The van der Waals surface area contributed by atoms with Crippen LogP contribution >= 0.6 is 11.6 Å². The number of carbonyl (C=O) groups is 3. The number of carbonyl (C=O) groups excluding carboxylic acids is 2. The summed E-state index contributed by atoms with van der Waals surface area (Å²) in [6.07, 6.45) is 2.51. The number of para-hydroxylation sites is 1. The molecule has 0 bridgehead atoms. The van der Waals surface area contributed by atoms with Crippen LogP contribution in [0.1, 0.15) is 54.1 Å². The molecule has 0 aromatic heterocycles. The third kappa shape index (κ3) is 4.04. The minimum atomic E-state index is -0.983. The molecule has 162 valence electrons. The number of anilines is 1. The minimum absolute atomic E-state index is 0.0268. The lowest BCUT2D eigenvalue weighted by Gasteiger charge is -2.46. The molecule has 3 atom stereocenters. The van der Waals surface area contributed by atoms with Crippen molar-refractivity contribution in [1.29, 1.82) is 0 Å². The molecule has 6 nitrogen and oxygen atoms in total. The van der Waals surface area contributed by atoms with Crippen molar-refractivity contribution in [3.63, 3.8) is 0 Å². The van der Waals surface area contributed by atoms with Gasteiger partial charge in [-0.3, -0.25) is 14.4 Å². The second-order valence-corrected chi connectivity index (χ2v) is 8.69. The number of amides is 2. The van der Waals surface area contributed by atoms with Crippen LogP contribution in [0.4, 0.5) is 5.69 Å². The molecule has 2 aliphatic rings. The molecule has 4 rings (SSSR count). The van der Waals surface area contributed by atoms with Crippen LogP contribution in [0.2, 0.25) is 5.02 Å². The Labute approximate surface area is 186 Å². The molecule has 0 spiro atoms. The Morgan fingerprint density at radius 2 is 1.87 bits per heavy atom. The molecular formula is C24H25ClN2O4. The summed E-state index contributed by atoms with van der Waals surface area (Å²) < 4.78 is 0. The van der Waals surface area contributed by atoms with Gasteiger partial charge in [0.25, 0.3) is 5.91 Å². The van der Waals surface area contributed by atoms with Crippen LogP contribution in [0.5, 0.6) is 0 Å². The average Bonchev–Trinajstić information content (AvgIpc) is 3.23. The number of nitrogens with zero attached hydrogens (tertiary/aromatic N) is 2. The van der Waals surface area contributed by atoms with Gasteiger partial charge in [-0.1, -0.05) is 42.3 Å². The third-order valence-electron chi connectivity index (χ3n) is 6.44. The van der Waals surface area contributed by atoms with E-state index in [0.29, 0.717) is 10.6 Å². The van der Waals surface area contributed by atoms with Crippen molar-refractivity contribution in [2.24, 2.45) is 5.92 Å². The number of rotatable bonds is 5. The Morgan fingerprint density at radius 1 is 1.10 bits per heavy atom. The van der Waals surface area contributed by atoms with E-state index in [-0.39, 0.29) is 42.7 Å². The largest absolute Gasteiger partial charge is 0.481 e. The van der Waals surface area contributed by atoms with Gasteiger partial charge in [-0.15, -0.1) is 0 Å². The van der Waals surface area contributed by atoms with E-state index in [0.717, 1.165) is 30.5 Å². The first-order valence-corrected chi connectivity index (χ1v) is 10.9. The van der Waals surface area contributed by atoms with Gasteiger partial charge in [-0.25, -0.2) is 0 Å². The lowest BCUT2D eigenvalue weighted by Crippen LogP contribution is -2.51. The Bertz CT molecular complexity index is 1020. The van der Waals surface area contributed by atoms with Gasteiger partial charge in [0.15, 0.2) is 0 Å². The van der Waals surface area contributed by atoms with Crippen molar-refractivity contribution in [3.05, 3.63) is 64.7 Å². The Hall–Kier alpha value is -2.86. The highest BCUT2D eigenvalue weighted by molar-refractivity contribution is 6.31. The van der Waals surface area contributed by atoms with Gasteiger partial charge in [0.05, 0.1) is 12.5 Å². The van der Waals surface area contributed by atoms with Gasteiger partial charge < -0.3 is 14.9 Å². The number of fused-ring (bicyclic) bond motifs is 2. The first-order chi connectivity index (χ1) is 14.9. The lowest BCUT2D eigenvalue weighted by atomic mass is 9.81. The van der Waals surface area contributed by atoms with Crippen LogP contribution < -0.4 is 4.90 Å². The second kappa shape index (κ2) is 8.71. The van der Waals surface area contributed by atoms with Gasteiger partial charge in [0.2, 0.25) is 5.91 Å². The highest BCUT2D eigenvalue weighted by Gasteiger charge is 2.48. The Balaban J connectivity index is 1.73. The van der Waals surface area contributed by atoms with E-state index in [2.05, 4.69) is 0 Å². The lowest BCUT2D eigenvalue weighted by molar-refractivity contribution is -0.141. The van der Waals surface area contributed by atoms with Crippen LogP contribution in [0.25, 0.3) is 0 Å². The highest BCUT2D eigenvalue weighted by atomic mass is 35.5. The quantitative estimate of drug-likeness (QED) is 0.740. The smallest absolute Gasteiger partial charge is 0.303 e. The van der Waals surface area contributed by atoms with Gasteiger partial charge >= 0.3 is 5.97 Å². The molecule has 1 heterocycles. The van der Waals surface area contributed by atoms with Crippen molar-refractivity contribution < 1.29 is 19.5 Å². The van der Waals surface area contributed by atoms with Crippen LogP contribution in [0.3, 0.4) is 0 Å². The SMILES string of the molecule is CN(C(=O)CCC(=O)O)C1c2ccccc2N(C(=O)c2cccc(Cl)c2)C2CCCC12. The molecule has 3 unspecified atom stereocenters. The molecule has 0 radical (unpaired) electrons. The number of carboxylic acid groups (broad SMARTS) is 1. The molecule has 1 aliphatic carbocycles. The zero-order chi connectivity index (χ0) is 22.1. The summed E-state index contributed by atoms with van der Waals surface area (Å²) >= 11 is 6.13. The highest BCUT2D eigenvalue weighted by Crippen LogP contribution is 2.50. The van der Waals surface area contributed by atoms with Crippen LogP contribution in [0.15, 0.2) is 48.5 Å². The number of benzene rings is 2. The van der Waals surface area contributed by atoms with Crippen LogP contribution in [-0.2, 0) is 9.59 Å². The van der Waals surface area contributed by atoms with Crippen molar-refractivity contribution in [1.82, 2.24) is 4.90 Å². The van der Waals surface area contributed by atoms with E-state index >= 15 is 0 Å². The average molecular weight is 441 g/mol. The predicted molar refractivity (Wildman–Crippen MR) is 118 cm³/mol. The molecule has 1 N–H and O–H groups in total. The van der Waals surface area contributed by atoms with Gasteiger partial charge in [-0.05, 0) is 42.7 Å². The summed E-state index contributed by atoms with van der Waals surface area (Å²) in [7, 11) is 1.75. The van der Waals surface area contributed by atoms with E-state index < -0.39 is 5.97 Å². The van der Waals surface area contributed by atoms with Crippen LogP contribution in [0, 0.1) is 5.92 Å². The third-order valence-corrected chi connectivity index (χ3v) is 6.67.